The largest absolute Gasteiger partial charge is 0.493 e. The minimum absolute atomic E-state index is 0.0629. The van der Waals surface area contributed by atoms with Crippen molar-refractivity contribution >= 4 is 16.8 Å². The summed E-state index contributed by atoms with van der Waals surface area (Å²) in [5, 5.41) is 3.68. The zero-order valence-electron chi connectivity index (χ0n) is 19.3. The number of fused-ring (bicyclic) bond motifs is 1. The number of pyridine rings is 2. The van der Waals surface area contributed by atoms with Crippen LogP contribution in [0, 0.1) is 5.92 Å². The summed E-state index contributed by atoms with van der Waals surface area (Å²) < 4.78 is 17.6. The Labute approximate surface area is 193 Å². The molecule has 1 fully saturated rings. The van der Waals surface area contributed by atoms with Crippen molar-refractivity contribution in [1.82, 2.24) is 20.2 Å². The molecule has 8 heteroatoms. The topological polar surface area (TPSA) is 85.8 Å². The highest BCUT2D eigenvalue weighted by molar-refractivity contribution is 5.87. The molecule has 1 atom stereocenters. The van der Waals surface area contributed by atoms with Crippen LogP contribution in [0.2, 0.25) is 0 Å². The number of nitrogens with zero attached hydrogens (tertiary/aromatic N) is 3. The second-order valence-electron chi connectivity index (χ2n) is 8.44. The van der Waals surface area contributed by atoms with Gasteiger partial charge in [0.1, 0.15) is 0 Å². The van der Waals surface area contributed by atoms with Crippen LogP contribution in [0.5, 0.6) is 17.4 Å². The Bertz CT molecular complexity index is 1120. The molecule has 1 N–H and O–H groups in total. The van der Waals surface area contributed by atoms with E-state index in [-0.39, 0.29) is 11.8 Å². The van der Waals surface area contributed by atoms with Crippen molar-refractivity contribution in [2.24, 2.45) is 5.92 Å². The van der Waals surface area contributed by atoms with E-state index in [0.29, 0.717) is 43.6 Å². The molecule has 174 valence electrons. The third-order valence-corrected chi connectivity index (χ3v) is 5.55. The van der Waals surface area contributed by atoms with Crippen LogP contribution in [0.3, 0.4) is 0 Å². The zero-order valence-corrected chi connectivity index (χ0v) is 19.3. The smallest absolute Gasteiger partial charge is 0.223 e. The van der Waals surface area contributed by atoms with Gasteiger partial charge in [-0.25, -0.2) is 4.98 Å². The van der Waals surface area contributed by atoms with Crippen LogP contribution >= 0.6 is 0 Å². The van der Waals surface area contributed by atoms with E-state index in [1.165, 1.54) is 0 Å². The Morgan fingerprint density at radius 2 is 2.03 bits per heavy atom. The van der Waals surface area contributed by atoms with E-state index in [9.17, 15) is 4.79 Å². The molecule has 8 nitrogen and oxygen atoms in total. The van der Waals surface area contributed by atoms with Crippen LogP contribution in [0.1, 0.15) is 12.8 Å². The Balaban J connectivity index is 1.57. The van der Waals surface area contributed by atoms with Crippen molar-refractivity contribution < 1.29 is 19.0 Å². The Hall–Kier alpha value is -3.39. The Morgan fingerprint density at radius 3 is 2.79 bits per heavy atom. The van der Waals surface area contributed by atoms with Gasteiger partial charge in [0.2, 0.25) is 11.8 Å². The summed E-state index contributed by atoms with van der Waals surface area (Å²) >= 11 is 0. The van der Waals surface area contributed by atoms with E-state index < -0.39 is 0 Å². The first-order valence-electron chi connectivity index (χ1n) is 11.1. The van der Waals surface area contributed by atoms with Gasteiger partial charge in [-0.1, -0.05) is 0 Å². The van der Waals surface area contributed by atoms with Crippen molar-refractivity contribution in [3.05, 3.63) is 42.6 Å². The molecule has 0 radical (unpaired) electrons. The number of aromatic nitrogens is 2. The first-order chi connectivity index (χ1) is 16.0. The number of carbonyl (C=O) groups excluding carboxylic acids is 1. The van der Waals surface area contributed by atoms with Crippen LogP contribution in [0.4, 0.5) is 0 Å². The molecule has 2 aromatic heterocycles. The highest BCUT2D eigenvalue weighted by Gasteiger charge is 2.22. The molecule has 3 heterocycles. The zero-order chi connectivity index (χ0) is 23.2. The van der Waals surface area contributed by atoms with Crippen molar-refractivity contribution in [3.8, 4) is 28.6 Å². The lowest BCUT2D eigenvalue weighted by molar-refractivity contribution is -0.119. The second kappa shape index (κ2) is 10.5. The van der Waals surface area contributed by atoms with E-state index in [0.717, 1.165) is 35.1 Å². The fraction of sp³-hybridized carbons (Fsp3) is 0.400. The third-order valence-electron chi connectivity index (χ3n) is 5.55. The van der Waals surface area contributed by atoms with Gasteiger partial charge in [-0.05, 0) is 56.9 Å². The molecule has 1 aliphatic rings. The number of nitrogens with one attached hydrogen (secondary N) is 1. The molecule has 33 heavy (non-hydrogen) atoms. The molecule has 0 unspecified atom stereocenters. The molecule has 1 amide bonds. The summed E-state index contributed by atoms with van der Waals surface area (Å²) in [6, 6.07) is 11.5. The number of amides is 1. The number of rotatable bonds is 10. The van der Waals surface area contributed by atoms with Crippen LogP contribution in [-0.4, -0.2) is 68.3 Å². The summed E-state index contributed by atoms with van der Waals surface area (Å²) in [6.07, 6.45) is 3.16. The summed E-state index contributed by atoms with van der Waals surface area (Å²) in [5.41, 5.74) is 2.40. The summed E-state index contributed by atoms with van der Waals surface area (Å²) in [4.78, 5) is 22.9. The first kappa shape index (κ1) is 22.8. The third kappa shape index (κ3) is 5.70. The lowest BCUT2D eigenvalue weighted by Crippen LogP contribution is -2.17. The molecule has 3 aromatic rings. The van der Waals surface area contributed by atoms with Gasteiger partial charge in [-0.3, -0.25) is 9.78 Å². The predicted molar refractivity (Wildman–Crippen MR) is 127 cm³/mol. The lowest BCUT2D eigenvalue weighted by Gasteiger charge is -2.15. The van der Waals surface area contributed by atoms with Crippen LogP contribution in [0.15, 0.2) is 42.6 Å². The van der Waals surface area contributed by atoms with E-state index in [4.69, 9.17) is 19.2 Å². The fourth-order valence-electron chi connectivity index (χ4n) is 3.79. The molecule has 1 saturated heterocycles. The summed E-state index contributed by atoms with van der Waals surface area (Å²) in [7, 11) is 5.72. The number of hydrogen-bond acceptors (Lipinski definition) is 7. The van der Waals surface area contributed by atoms with Gasteiger partial charge < -0.3 is 24.4 Å². The maximum absolute atomic E-state index is 11.5. The van der Waals surface area contributed by atoms with Gasteiger partial charge >= 0.3 is 0 Å². The van der Waals surface area contributed by atoms with Crippen LogP contribution in [0.25, 0.3) is 22.2 Å². The van der Waals surface area contributed by atoms with Crippen molar-refractivity contribution in [3.63, 3.8) is 0 Å². The Kier molecular flexibility index (Phi) is 7.24. The van der Waals surface area contributed by atoms with Gasteiger partial charge in [0.15, 0.2) is 11.5 Å². The van der Waals surface area contributed by atoms with Crippen molar-refractivity contribution in [1.29, 1.82) is 0 Å². The number of carbonyl (C=O) groups is 1. The molecular formula is C25H30N4O4. The fourth-order valence-corrected chi connectivity index (χ4v) is 3.79. The van der Waals surface area contributed by atoms with Gasteiger partial charge in [0, 0.05) is 37.2 Å². The van der Waals surface area contributed by atoms with Gasteiger partial charge in [-0.15, -0.1) is 0 Å². The SMILES string of the molecule is COc1cc(-c2cc3ncccc3c(OC[C@H]3CNC(=O)C3)n2)ccc1OCCCN(C)C. The van der Waals surface area contributed by atoms with Crippen molar-refractivity contribution in [2.75, 3.05) is 47.5 Å². The summed E-state index contributed by atoms with van der Waals surface area (Å²) in [6.45, 7) is 2.62. The van der Waals surface area contributed by atoms with Gasteiger partial charge in [0.25, 0.3) is 0 Å². The molecule has 1 aliphatic heterocycles. The standard InChI is InChI=1S/C25H30N4O4/c1-29(2)10-5-11-32-22-8-7-18(13-23(22)31-3)20-14-21-19(6-4-9-26-21)25(28-20)33-16-17-12-24(30)27-15-17/h4,6-9,13-14,17H,5,10-12,15-16H2,1-3H3,(H,27,30)/t17-/m1/s1. The molecule has 0 spiro atoms. The first-order valence-corrected chi connectivity index (χ1v) is 11.1. The van der Waals surface area contributed by atoms with E-state index >= 15 is 0 Å². The highest BCUT2D eigenvalue weighted by Crippen LogP contribution is 2.34. The normalized spacial score (nSPS) is 15.6. The van der Waals surface area contributed by atoms with E-state index in [2.05, 4.69) is 15.2 Å². The molecule has 1 aromatic carbocycles. The van der Waals surface area contributed by atoms with Gasteiger partial charge in [-0.2, -0.15) is 0 Å². The number of hydrogen-bond donors (Lipinski definition) is 1. The number of benzene rings is 1. The van der Waals surface area contributed by atoms with E-state index in [1.54, 1.807) is 13.3 Å². The predicted octanol–water partition coefficient (Wildman–Crippen LogP) is 3.15. The van der Waals surface area contributed by atoms with Crippen LogP contribution < -0.4 is 19.5 Å². The minimum Gasteiger partial charge on any atom is -0.493 e. The minimum atomic E-state index is 0.0629. The molecule has 0 bridgehead atoms. The maximum Gasteiger partial charge on any atom is 0.223 e. The quantitative estimate of drug-likeness (QED) is 0.475. The van der Waals surface area contributed by atoms with Crippen molar-refractivity contribution in [2.45, 2.75) is 12.8 Å². The molecule has 0 aliphatic carbocycles. The van der Waals surface area contributed by atoms with Crippen LogP contribution in [-0.2, 0) is 4.79 Å². The average Bonchev–Trinajstić information content (AvgIpc) is 3.25. The average molecular weight is 451 g/mol. The Morgan fingerprint density at radius 1 is 1.15 bits per heavy atom. The number of ether oxygens (including phenoxy) is 3. The van der Waals surface area contributed by atoms with E-state index in [1.807, 2.05) is 50.5 Å². The molecule has 0 saturated carbocycles. The molecular weight excluding hydrogens is 420 g/mol. The summed E-state index contributed by atoms with van der Waals surface area (Å²) in [5.74, 6) is 2.07. The lowest BCUT2D eigenvalue weighted by atomic mass is 10.1. The maximum atomic E-state index is 11.5. The monoisotopic (exact) mass is 450 g/mol. The second-order valence-corrected chi connectivity index (χ2v) is 8.44. The van der Waals surface area contributed by atoms with Gasteiger partial charge in [0.05, 0.1) is 36.9 Å². The number of methoxy groups -OCH3 is 1. The molecule has 4 rings (SSSR count). The highest BCUT2D eigenvalue weighted by atomic mass is 16.5.